The quantitative estimate of drug-likeness (QED) is 0.818. The van der Waals surface area contributed by atoms with Crippen LogP contribution < -0.4 is 5.73 Å². The van der Waals surface area contributed by atoms with Crippen LogP contribution in [0.25, 0.3) is 0 Å². The molecule has 1 aliphatic heterocycles. The maximum Gasteiger partial charge on any atom is 0.214 e. The van der Waals surface area contributed by atoms with Crippen molar-refractivity contribution in [1.82, 2.24) is 4.31 Å². The van der Waals surface area contributed by atoms with Gasteiger partial charge in [0.1, 0.15) is 0 Å². The number of hydrogen-bond acceptors (Lipinski definition) is 3. The largest absolute Gasteiger partial charge is 0.326 e. The molecule has 1 heterocycles. The molecule has 0 bridgehead atoms. The molecule has 1 aliphatic rings. The van der Waals surface area contributed by atoms with E-state index >= 15 is 0 Å². The van der Waals surface area contributed by atoms with E-state index < -0.39 is 10.0 Å². The highest BCUT2D eigenvalue weighted by Crippen LogP contribution is 2.22. The van der Waals surface area contributed by atoms with Gasteiger partial charge in [0, 0.05) is 18.6 Å². The SMILES string of the molecule is CCS(=O)(=O)N1CCCCC1C(C)N.Cl. The highest BCUT2D eigenvalue weighted by molar-refractivity contribution is 7.89. The molecule has 2 atom stereocenters. The van der Waals surface area contributed by atoms with E-state index in [1.807, 2.05) is 6.92 Å². The maximum atomic E-state index is 11.7. The topological polar surface area (TPSA) is 63.4 Å². The van der Waals surface area contributed by atoms with Crippen LogP contribution in [0.4, 0.5) is 0 Å². The number of sulfonamides is 1. The van der Waals surface area contributed by atoms with E-state index in [1.54, 1.807) is 11.2 Å². The number of hydrogen-bond donors (Lipinski definition) is 1. The number of nitrogens with two attached hydrogens (primary N) is 1. The molecule has 1 fully saturated rings. The van der Waals surface area contributed by atoms with Crippen LogP contribution in [0.15, 0.2) is 0 Å². The summed E-state index contributed by atoms with van der Waals surface area (Å²) in [5.41, 5.74) is 5.80. The number of rotatable bonds is 3. The molecule has 92 valence electrons. The standard InChI is InChI=1S/C9H20N2O2S.ClH/c1-3-14(12,13)11-7-5-4-6-9(11)8(2)10;/h8-9H,3-7,10H2,1-2H3;1H. The van der Waals surface area contributed by atoms with Gasteiger partial charge in [-0.1, -0.05) is 6.42 Å². The molecule has 0 amide bonds. The van der Waals surface area contributed by atoms with Crippen LogP contribution in [0, 0.1) is 0 Å². The van der Waals surface area contributed by atoms with Crippen molar-refractivity contribution in [3.05, 3.63) is 0 Å². The van der Waals surface area contributed by atoms with Gasteiger partial charge in [-0.05, 0) is 26.7 Å². The minimum atomic E-state index is -3.06. The molecule has 2 unspecified atom stereocenters. The summed E-state index contributed by atoms with van der Waals surface area (Å²) in [5.74, 6) is 0.177. The van der Waals surface area contributed by atoms with Crippen LogP contribution in [-0.2, 0) is 10.0 Å². The summed E-state index contributed by atoms with van der Waals surface area (Å²) < 4.78 is 25.1. The molecule has 2 N–H and O–H groups in total. The lowest BCUT2D eigenvalue weighted by Gasteiger charge is -2.36. The van der Waals surface area contributed by atoms with Crippen LogP contribution in [-0.4, -0.2) is 37.1 Å². The fourth-order valence-electron chi connectivity index (χ4n) is 1.97. The smallest absolute Gasteiger partial charge is 0.214 e. The Labute approximate surface area is 98.7 Å². The third kappa shape index (κ3) is 3.59. The molecule has 0 spiro atoms. The van der Waals surface area contributed by atoms with Gasteiger partial charge in [0.15, 0.2) is 0 Å². The Bertz CT molecular complexity index is 280. The van der Waals surface area contributed by atoms with Crippen molar-refractivity contribution in [3.63, 3.8) is 0 Å². The predicted octanol–water partition coefficient (Wildman–Crippen LogP) is 0.960. The van der Waals surface area contributed by atoms with E-state index in [9.17, 15) is 8.42 Å². The molecule has 6 heteroatoms. The minimum absolute atomic E-state index is 0. The van der Waals surface area contributed by atoms with Crippen LogP contribution in [0.1, 0.15) is 33.1 Å². The normalized spacial score (nSPS) is 25.7. The second-order valence-corrected chi connectivity index (χ2v) is 6.14. The Kier molecular flexibility index (Phi) is 6.10. The number of halogens is 1. The molecule has 1 rings (SSSR count). The lowest BCUT2D eigenvalue weighted by molar-refractivity contribution is 0.227. The fraction of sp³-hybridized carbons (Fsp3) is 1.00. The molecular weight excluding hydrogens is 236 g/mol. The zero-order valence-corrected chi connectivity index (χ0v) is 11.0. The fourth-order valence-corrected chi connectivity index (χ4v) is 3.42. The van der Waals surface area contributed by atoms with E-state index in [4.69, 9.17) is 5.73 Å². The van der Waals surface area contributed by atoms with Crippen molar-refractivity contribution < 1.29 is 8.42 Å². The van der Waals surface area contributed by atoms with Crippen molar-refractivity contribution in [3.8, 4) is 0 Å². The molecule has 0 aromatic carbocycles. The predicted molar refractivity (Wildman–Crippen MR) is 64.7 cm³/mol. The highest BCUT2D eigenvalue weighted by Gasteiger charge is 2.32. The molecule has 0 aliphatic carbocycles. The van der Waals surface area contributed by atoms with Gasteiger partial charge in [0.2, 0.25) is 10.0 Å². The van der Waals surface area contributed by atoms with E-state index in [1.165, 1.54) is 0 Å². The lowest BCUT2D eigenvalue weighted by atomic mass is 10.00. The summed E-state index contributed by atoms with van der Waals surface area (Å²) >= 11 is 0. The first-order valence-corrected chi connectivity index (χ1v) is 6.85. The lowest BCUT2D eigenvalue weighted by Crippen LogP contribution is -2.51. The Morgan fingerprint density at radius 2 is 2.07 bits per heavy atom. The second kappa shape index (κ2) is 6.03. The van der Waals surface area contributed by atoms with Gasteiger partial charge in [0.05, 0.1) is 5.75 Å². The van der Waals surface area contributed by atoms with Crippen molar-refractivity contribution in [1.29, 1.82) is 0 Å². The van der Waals surface area contributed by atoms with E-state index in [0.717, 1.165) is 19.3 Å². The van der Waals surface area contributed by atoms with Crippen molar-refractivity contribution in [2.75, 3.05) is 12.3 Å². The van der Waals surface area contributed by atoms with Gasteiger partial charge in [-0.25, -0.2) is 8.42 Å². The monoisotopic (exact) mass is 256 g/mol. The average molecular weight is 257 g/mol. The summed E-state index contributed by atoms with van der Waals surface area (Å²) in [6.45, 7) is 4.21. The van der Waals surface area contributed by atoms with Gasteiger partial charge >= 0.3 is 0 Å². The minimum Gasteiger partial charge on any atom is -0.326 e. The van der Waals surface area contributed by atoms with Gasteiger partial charge in [-0.3, -0.25) is 0 Å². The molecule has 0 radical (unpaired) electrons. The Balaban J connectivity index is 0.00000196. The number of nitrogens with zero attached hydrogens (tertiary/aromatic N) is 1. The first-order chi connectivity index (χ1) is 6.49. The maximum absolute atomic E-state index is 11.7. The van der Waals surface area contributed by atoms with Gasteiger partial charge < -0.3 is 5.73 Å². The molecule has 15 heavy (non-hydrogen) atoms. The third-order valence-electron chi connectivity index (χ3n) is 2.83. The zero-order valence-electron chi connectivity index (χ0n) is 9.35. The highest BCUT2D eigenvalue weighted by atomic mass is 35.5. The van der Waals surface area contributed by atoms with Gasteiger partial charge in [-0.2, -0.15) is 4.31 Å². The summed E-state index contributed by atoms with van der Waals surface area (Å²) in [6, 6.07) is -0.0645. The van der Waals surface area contributed by atoms with Gasteiger partial charge in [0.25, 0.3) is 0 Å². The molecule has 1 saturated heterocycles. The van der Waals surface area contributed by atoms with Crippen LogP contribution in [0.3, 0.4) is 0 Å². The molecule has 4 nitrogen and oxygen atoms in total. The van der Waals surface area contributed by atoms with Gasteiger partial charge in [-0.15, -0.1) is 12.4 Å². The first kappa shape index (κ1) is 15.2. The number of piperidine rings is 1. The second-order valence-electron chi connectivity index (χ2n) is 3.93. The van der Waals surface area contributed by atoms with Crippen molar-refractivity contribution >= 4 is 22.4 Å². The zero-order chi connectivity index (χ0) is 10.8. The van der Waals surface area contributed by atoms with Crippen molar-refractivity contribution in [2.45, 2.75) is 45.2 Å². The summed E-state index contributed by atoms with van der Waals surface area (Å²) in [7, 11) is -3.06. The third-order valence-corrected chi connectivity index (χ3v) is 4.72. The first-order valence-electron chi connectivity index (χ1n) is 5.24. The Hall–Kier alpha value is 0.160. The Morgan fingerprint density at radius 1 is 1.47 bits per heavy atom. The average Bonchev–Trinajstić information content (AvgIpc) is 2.18. The molecule has 0 saturated carbocycles. The molecule has 0 aromatic rings. The van der Waals surface area contributed by atoms with Crippen LogP contribution in [0.2, 0.25) is 0 Å². The van der Waals surface area contributed by atoms with E-state index in [-0.39, 0.29) is 30.2 Å². The summed E-state index contributed by atoms with van der Waals surface area (Å²) in [5, 5.41) is 0. The Morgan fingerprint density at radius 3 is 2.53 bits per heavy atom. The van der Waals surface area contributed by atoms with Crippen LogP contribution in [0.5, 0.6) is 0 Å². The van der Waals surface area contributed by atoms with E-state index in [2.05, 4.69) is 0 Å². The van der Waals surface area contributed by atoms with E-state index in [0.29, 0.717) is 6.54 Å². The summed E-state index contributed by atoms with van der Waals surface area (Å²) in [6.07, 6.45) is 2.95. The van der Waals surface area contributed by atoms with Crippen molar-refractivity contribution in [2.24, 2.45) is 5.73 Å². The molecule has 0 aromatic heterocycles. The summed E-state index contributed by atoms with van der Waals surface area (Å²) in [4.78, 5) is 0. The molecular formula is C9H21ClN2O2S. The van der Waals surface area contributed by atoms with Crippen LogP contribution >= 0.6 is 12.4 Å².